The summed E-state index contributed by atoms with van der Waals surface area (Å²) in [6.07, 6.45) is 1.37. The van der Waals surface area contributed by atoms with Gasteiger partial charge in [0.1, 0.15) is 24.6 Å². The molecule has 0 spiro atoms. The summed E-state index contributed by atoms with van der Waals surface area (Å²) in [5, 5.41) is 13.4. The van der Waals surface area contributed by atoms with Crippen LogP contribution in [0.2, 0.25) is 5.02 Å². The molecule has 0 bridgehead atoms. The number of anilines is 2. The van der Waals surface area contributed by atoms with Crippen LogP contribution >= 0.6 is 11.6 Å². The third-order valence-electron chi connectivity index (χ3n) is 7.09. The predicted molar refractivity (Wildman–Crippen MR) is 139 cm³/mol. The Morgan fingerprint density at radius 2 is 1.84 bits per heavy atom. The minimum absolute atomic E-state index is 0.0683. The van der Waals surface area contributed by atoms with Gasteiger partial charge in [-0.3, -0.25) is 14.3 Å². The summed E-state index contributed by atoms with van der Waals surface area (Å²) < 4.78 is 20.0. The van der Waals surface area contributed by atoms with Gasteiger partial charge in [-0.05, 0) is 38.1 Å². The van der Waals surface area contributed by atoms with Crippen molar-refractivity contribution in [2.75, 3.05) is 49.5 Å². The molecule has 0 radical (unpaired) electrons. The monoisotopic (exact) mass is 543 g/mol. The zero-order chi connectivity index (χ0) is 26.4. The fourth-order valence-corrected chi connectivity index (χ4v) is 5.47. The molecule has 3 saturated heterocycles. The van der Waals surface area contributed by atoms with E-state index in [0.29, 0.717) is 48.9 Å². The first-order valence-corrected chi connectivity index (χ1v) is 13.0. The van der Waals surface area contributed by atoms with Gasteiger partial charge in [-0.1, -0.05) is 11.6 Å². The highest BCUT2D eigenvalue weighted by molar-refractivity contribution is 6.30. The lowest BCUT2D eigenvalue weighted by atomic mass is 10.1. The number of carbonyl (C=O) groups is 1. The van der Waals surface area contributed by atoms with E-state index in [0.717, 1.165) is 11.5 Å². The average Bonchev–Trinajstić information content (AvgIpc) is 3.56. The van der Waals surface area contributed by atoms with Crippen molar-refractivity contribution in [1.29, 1.82) is 0 Å². The summed E-state index contributed by atoms with van der Waals surface area (Å²) in [5.41, 5.74) is 2.00. The number of hydrogen-bond donors (Lipinski definition) is 2. The van der Waals surface area contributed by atoms with Crippen LogP contribution in [0.1, 0.15) is 20.1 Å². The van der Waals surface area contributed by atoms with Gasteiger partial charge in [-0.15, -0.1) is 0 Å². The second-order valence-corrected chi connectivity index (χ2v) is 10.6. The van der Waals surface area contributed by atoms with E-state index in [1.165, 1.54) is 6.33 Å². The lowest BCUT2D eigenvalue weighted by Crippen LogP contribution is -2.49. The van der Waals surface area contributed by atoms with E-state index in [4.69, 9.17) is 25.8 Å². The zero-order valence-electron chi connectivity index (χ0n) is 21.2. The normalized spacial score (nSPS) is 27.1. The van der Waals surface area contributed by atoms with Crippen LogP contribution in [0.15, 0.2) is 36.9 Å². The smallest absolute Gasteiger partial charge is 0.238 e. The van der Waals surface area contributed by atoms with Crippen molar-refractivity contribution in [3.05, 3.63) is 41.9 Å². The molecule has 3 aliphatic heterocycles. The molecular weight excluding hydrogens is 514 g/mol. The number of amides is 1. The van der Waals surface area contributed by atoms with E-state index in [1.54, 1.807) is 30.6 Å². The fraction of sp³-hybridized carbons (Fsp3) is 0.520. The summed E-state index contributed by atoms with van der Waals surface area (Å²) in [7, 11) is 0. The molecule has 3 aromatic rings. The summed E-state index contributed by atoms with van der Waals surface area (Å²) in [5.74, 6) is -0.107. The van der Waals surface area contributed by atoms with Gasteiger partial charge in [-0.25, -0.2) is 15.0 Å². The Bertz CT molecular complexity index is 1310. The lowest BCUT2D eigenvalue weighted by molar-refractivity contribution is -0.199. The van der Waals surface area contributed by atoms with Gasteiger partial charge in [-0.2, -0.15) is 0 Å². The van der Waals surface area contributed by atoms with E-state index in [-0.39, 0.29) is 18.6 Å². The number of hydrogen-bond acceptors (Lipinski definition) is 10. The van der Waals surface area contributed by atoms with E-state index in [2.05, 4.69) is 30.1 Å². The highest BCUT2D eigenvalue weighted by Crippen LogP contribution is 2.43. The topological polar surface area (TPSA) is 127 Å². The van der Waals surface area contributed by atoms with Crippen LogP contribution in [-0.2, 0) is 19.0 Å². The quantitative estimate of drug-likeness (QED) is 0.473. The number of aliphatic hydroxyl groups excluding tert-OH is 1. The molecule has 13 heteroatoms. The van der Waals surface area contributed by atoms with Gasteiger partial charge in [0.05, 0.1) is 19.5 Å². The van der Waals surface area contributed by atoms with Crippen LogP contribution in [0, 0.1) is 0 Å². The van der Waals surface area contributed by atoms with Crippen LogP contribution in [0.5, 0.6) is 0 Å². The average molecular weight is 544 g/mol. The number of aromatic nitrogens is 4. The van der Waals surface area contributed by atoms with Crippen molar-refractivity contribution in [1.82, 2.24) is 24.4 Å². The Kier molecular flexibility index (Phi) is 6.70. The predicted octanol–water partition coefficient (Wildman–Crippen LogP) is 1.65. The molecule has 2 aromatic heterocycles. The molecule has 3 fully saturated rings. The van der Waals surface area contributed by atoms with E-state index in [1.807, 2.05) is 18.4 Å². The fourth-order valence-electron chi connectivity index (χ4n) is 5.34. The molecular formula is C25H30ClN7O5. The van der Waals surface area contributed by atoms with Crippen molar-refractivity contribution < 1.29 is 24.1 Å². The SMILES string of the molecule is CC1(C)O[C@@H]2[C@H](O1)[C@@H](CO)O[C@H]2n1cnc2c(N3CCN(CC(=O)Nc4ccc(Cl)cc4)CC3)ncnc21. The summed E-state index contributed by atoms with van der Waals surface area (Å²) in [6.45, 7) is 6.61. The standard InChI is InChI=1S/C25H30ClN7O5/c1-25(2)37-20-17(12-34)36-24(21(20)38-25)33-14-29-19-22(27-13-28-23(19)33)32-9-7-31(8-10-32)11-18(35)30-16-5-3-15(26)4-6-16/h3-6,13-14,17,20-21,24,34H,7-12H2,1-2H3,(H,30,35)/t17-,20-,21-,24-/m1/s1. The molecule has 12 nitrogen and oxygen atoms in total. The molecule has 4 atom stereocenters. The molecule has 0 unspecified atom stereocenters. The highest BCUT2D eigenvalue weighted by atomic mass is 35.5. The Morgan fingerprint density at radius 1 is 1.11 bits per heavy atom. The highest BCUT2D eigenvalue weighted by Gasteiger charge is 2.56. The van der Waals surface area contributed by atoms with Crippen molar-refractivity contribution >= 4 is 40.2 Å². The maximum Gasteiger partial charge on any atom is 0.238 e. The van der Waals surface area contributed by atoms with Crippen LogP contribution in [0.3, 0.4) is 0 Å². The van der Waals surface area contributed by atoms with Crippen LogP contribution in [-0.4, -0.2) is 98.9 Å². The lowest BCUT2D eigenvalue weighted by Gasteiger charge is -2.34. The number of halogens is 1. The molecule has 3 aliphatic rings. The Labute approximate surface area is 224 Å². The minimum atomic E-state index is -0.771. The maximum absolute atomic E-state index is 12.5. The van der Waals surface area contributed by atoms with E-state index in [9.17, 15) is 9.90 Å². The van der Waals surface area contributed by atoms with E-state index >= 15 is 0 Å². The van der Waals surface area contributed by atoms with Crippen molar-refractivity contribution in [3.63, 3.8) is 0 Å². The summed E-state index contributed by atoms with van der Waals surface area (Å²) >= 11 is 5.92. The first-order valence-electron chi connectivity index (χ1n) is 12.6. The van der Waals surface area contributed by atoms with Crippen LogP contribution < -0.4 is 10.2 Å². The molecule has 1 aromatic carbocycles. The van der Waals surface area contributed by atoms with Gasteiger partial charge < -0.3 is 29.5 Å². The first-order chi connectivity index (χ1) is 18.3. The largest absolute Gasteiger partial charge is 0.394 e. The summed E-state index contributed by atoms with van der Waals surface area (Å²) in [6, 6.07) is 7.06. The Balaban J connectivity index is 1.13. The van der Waals surface area contributed by atoms with Gasteiger partial charge in [0.25, 0.3) is 0 Å². The Morgan fingerprint density at radius 3 is 2.58 bits per heavy atom. The molecule has 202 valence electrons. The number of fused-ring (bicyclic) bond motifs is 2. The molecule has 2 N–H and O–H groups in total. The van der Waals surface area contributed by atoms with Gasteiger partial charge >= 0.3 is 0 Å². The van der Waals surface area contributed by atoms with Crippen LogP contribution in [0.25, 0.3) is 11.2 Å². The number of imidazole rings is 1. The number of benzene rings is 1. The molecule has 0 saturated carbocycles. The molecule has 1 amide bonds. The molecule has 38 heavy (non-hydrogen) atoms. The number of carbonyl (C=O) groups excluding carboxylic acids is 1. The number of rotatable bonds is 6. The number of nitrogens with zero attached hydrogens (tertiary/aromatic N) is 6. The van der Waals surface area contributed by atoms with Gasteiger partial charge in [0.2, 0.25) is 5.91 Å². The van der Waals surface area contributed by atoms with Crippen molar-refractivity contribution in [2.24, 2.45) is 0 Å². The Hall–Kier alpha value is -2.87. The van der Waals surface area contributed by atoms with Crippen molar-refractivity contribution in [2.45, 2.75) is 44.2 Å². The molecule has 5 heterocycles. The number of nitrogens with one attached hydrogen (secondary N) is 1. The number of ether oxygens (including phenoxy) is 3. The van der Waals surface area contributed by atoms with Gasteiger partial charge in [0.15, 0.2) is 29.0 Å². The third-order valence-corrected chi connectivity index (χ3v) is 7.34. The third kappa shape index (κ3) is 4.83. The summed E-state index contributed by atoms with van der Waals surface area (Å²) in [4.78, 5) is 30.4. The first kappa shape index (κ1) is 25.4. The maximum atomic E-state index is 12.5. The second kappa shape index (κ2) is 10.0. The van der Waals surface area contributed by atoms with Gasteiger partial charge in [0, 0.05) is 36.9 Å². The molecule has 6 rings (SSSR count). The molecule has 0 aliphatic carbocycles. The van der Waals surface area contributed by atoms with Crippen molar-refractivity contribution in [3.8, 4) is 0 Å². The number of aliphatic hydroxyl groups is 1. The second-order valence-electron chi connectivity index (χ2n) is 10.2. The van der Waals surface area contributed by atoms with Crippen LogP contribution in [0.4, 0.5) is 11.5 Å². The van der Waals surface area contributed by atoms with E-state index < -0.39 is 24.2 Å². The minimum Gasteiger partial charge on any atom is -0.394 e. The zero-order valence-corrected chi connectivity index (χ0v) is 21.9. The number of piperazine rings is 1.